The molecule has 1 aliphatic rings. The van der Waals surface area contributed by atoms with Gasteiger partial charge in [-0.15, -0.1) is 0 Å². The summed E-state index contributed by atoms with van der Waals surface area (Å²) in [6.07, 6.45) is 0. The molecule has 3 amide bonds. The van der Waals surface area contributed by atoms with Crippen LogP contribution in [-0.2, 0) is 14.4 Å². The van der Waals surface area contributed by atoms with Crippen LogP contribution in [0.4, 0.5) is 0 Å². The first-order chi connectivity index (χ1) is 8.97. The van der Waals surface area contributed by atoms with Crippen LogP contribution in [0, 0.1) is 6.92 Å². The number of aryl methyl sites for hydroxylation is 1. The molecule has 0 radical (unpaired) electrons. The zero-order chi connectivity index (χ0) is 14.0. The molecule has 6 heteroatoms. The summed E-state index contributed by atoms with van der Waals surface area (Å²) in [5.41, 5.74) is 7.60. The first-order valence-electron chi connectivity index (χ1n) is 5.91. The monoisotopic (exact) mass is 261 g/mol. The van der Waals surface area contributed by atoms with Gasteiger partial charge in [0.2, 0.25) is 17.7 Å². The maximum atomic E-state index is 12.1. The van der Waals surface area contributed by atoms with Gasteiger partial charge in [-0.25, -0.2) is 0 Å². The quantitative estimate of drug-likeness (QED) is 0.701. The first kappa shape index (κ1) is 13.2. The van der Waals surface area contributed by atoms with Gasteiger partial charge in [-0.2, -0.15) is 0 Å². The number of piperazine rings is 1. The highest BCUT2D eigenvalue weighted by molar-refractivity contribution is 6.03. The van der Waals surface area contributed by atoms with Gasteiger partial charge in [-0.3, -0.25) is 19.7 Å². The van der Waals surface area contributed by atoms with E-state index >= 15 is 0 Å². The number of hydrogen-bond donors (Lipinski definition) is 2. The van der Waals surface area contributed by atoms with Gasteiger partial charge >= 0.3 is 0 Å². The largest absolute Gasteiger partial charge is 0.322 e. The normalized spacial score (nSPS) is 17.1. The lowest BCUT2D eigenvalue weighted by atomic mass is 10.0. The number of benzene rings is 1. The van der Waals surface area contributed by atoms with Crippen LogP contribution in [-0.4, -0.2) is 35.7 Å². The summed E-state index contributed by atoms with van der Waals surface area (Å²) < 4.78 is 0. The molecule has 0 spiro atoms. The Morgan fingerprint density at radius 3 is 2.26 bits per heavy atom. The number of hydrogen-bond acceptors (Lipinski definition) is 4. The summed E-state index contributed by atoms with van der Waals surface area (Å²) in [6.45, 7) is 1.67. The average Bonchev–Trinajstić information content (AvgIpc) is 2.37. The van der Waals surface area contributed by atoms with Crippen LogP contribution in [0.25, 0.3) is 0 Å². The molecule has 0 saturated carbocycles. The van der Waals surface area contributed by atoms with Gasteiger partial charge in [-0.05, 0) is 12.5 Å². The van der Waals surface area contributed by atoms with E-state index in [9.17, 15) is 14.4 Å². The summed E-state index contributed by atoms with van der Waals surface area (Å²) in [5, 5.41) is 2.14. The number of nitrogens with one attached hydrogen (secondary N) is 1. The Kier molecular flexibility index (Phi) is 3.62. The Labute approximate surface area is 110 Å². The fourth-order valence-corrected chi connectivity index (χ4v) is 1.91. The van der Waals surface area contributed by atoms with Gasteiger partial charge in [-0.1, -0.05) is 29.8 Å². The molecule has 3 N–H and O–H groups in total. The Bertz CT molecular complexity index is 508. The van der Waals surface area contributed by atoms with E-state index in [0.717, 1.165) is 5.56 Å². The van der Waals surface area contributed by atoms with E-state index < -0.39 is 23.8 Å². The molecule has 19 heavy (non-hydrogen) atoms. The first-order valence-corrected chi connectivity index (χ1v) is 5.91. The van der Waals surface area contributed by atoms with Crippen molar-refractivity contribution >= 4 is 17.7 Å². The van der Waals surface area contributed by atoms with Crippen LogP contribution < -0.4 is 11.1 Å². The molecule has 100 valence electrons. The summed E-state index contributed by atoms with van der Waals surface area (Å²) in [7, 11) is 0. The molecule has 0 bridgehead atoms. The van der Waals surface area contributed by atoms with E-state index in [1.165, 1.54) is 4.90 Å². The van der Waals surface area contributed by atoms with Crippen LogP contribution in [0.1, 0.15) is 17.2 Å². The van der Waals surface area contributed by atoms with Crippen molar-refractivity contribution in [3.05, 3.63) is 35.4 Å². The molecule has 0 aromatic heterocycles. The third kappa shape index (κ3) is 2.97. The molecule has 1 aromatic carbocycles. The Morgan fingerprint density at radius 2 is 1.74 bits per heavy atom. The zero-order valence-electron chi connectivity index (χ0n) is 10.6. The highest BCUT2D eigenvalue weighted by atomic mass is 16.2. The topological polar surface area (TPSA) is 92.5 Å². The lowest BCUT2D eigenvalue weighted by Crippen LogP contribution is -2.55. The standard InChI is InChI=1S/C13H15N3O3/c1-8-2-4-9(5-3-8)12(14)13(19)16-6-10(17)15-11(18)7-16/h2-5,12H,6-7,14H2,1H3,(H,15,17,18). The van der Waals surface area contributed by atoms with Crippen molar-refractivity contribution in [1.82, 2.24) is 10.2 Å². The number of carbonyl (C=O) groups excluding carboxylic acids is 3. The number of imide groups is 1. The second-order valence-corrected chi connectivity index (χ2v) is 4.55. The van der Waals surface area contributed by atoms with Crippen molar-refractivity contribution in [2.24, 2.45) is 5.73 Å². The van der Waals surface area contributed by atoms with Crippen LogP contribution in [0.5, 0.6) is 0 Å². The predicted molar refractivity (Wildman–Crippen MR) is 67.8 cm³/mol. The van der Waals surface area contributed by atoms with Crippen LogP contribution >= 0.6 is 0 Å². The highest BCUT2D eigenvalue weighted by Gasteiger charge is 2.30. The SMILES string of the molecule is Cc1ccc(C(N)C(=O)N2CC(=O)NC(=O)C2)cc1. The van der Waals surface area contributed by atoms with E-state index in [2.05, 4.69) is 5.32 Å². The third-order valence-corrected chi connectivity index (χ3v) is 2.96. The fourth-order valence-electron chi connectivity index (χ4n) is 1.91. The summed E-state index contributed by atoms with van der Waals surface area (Å²) in [4.78, 5) is 35.8. The molecular formula is C13H15N3O3. The molecule has 1 saturated heterocycles. The zero-order valence-corrected chi connectivity index (χ0v) is 10.6. The van der Waals surface area contributed by atoms with E-state index in [4.69, 9.17) is 5.73 Å². The minimum absolute atomic E-state index is 0.135. The molecule has 0 aliphatic carbocycles. The van der Waals surface area contributed by atoms with Gasteiger partial charge in [0.25, 0.3) is 0 Å². The van der Waals surface area contributed by atoms with Crippen molar-refractivity contribution in [2.75, 3.05) is 13.1 Å². The molecule has 1 unspecified atom stereocenters. The van der Waals surface area contributed by atoms with Crippen LogP contribution in [0.3, 0.4) is 0 Å². The maximum Gasteiger partial charge on any atom is 0.246 e. The molecule has 1 heterocycles. The van der Waals surface area contributed by atoms with Crippen molar-refractivity contribution in [1.29, 1.82) is 0 Å². The molecular weight excluding hydrogens is 246 g/mol. The van der Waals surface area contributed by atoms with Crippen molar-refractivity contribution in [3.63, 3.8) is 0 Å². The molecule has 1 aliphatic heterocycles. The van der Waals surface area contributed by atoms with Crippen molar-refractivity contribution in [3.8, 4) is 0 Å². The minimum atomic E-state index is -0.862. The van der Waals surface area contributed by atoms with Gasteiger partial charge in [0.1, 0.15) is 19.1 Å². The second-order valence-electron chi connectivity index (χ2n) is 4.55. The number of rotatable bonds is 2. The molecule has 1 fully saturated rings. The second kappa shape index (κ2) is 5.19. The molecule has 2 rings (SSSR count). The fraction of sp³-hybridized carbons (Fsp3) is 0.308. The number of nitrogens with zero attached hydrogens (tertiary/aromatic N) is 1. The van der Waals surface area contributed by atoms with Gasteiger partial charge in [0, 0.05) is 0 Å². The summed E-state index contributed by atoms with van der Waals surface area (Å²) in [5.74, 6) is -1.39. The lowest BCUT2D eigenvalue weighted by molar-refractivity contribution is -0.146. The van der Waals surface area contributed by atoms with Crippen LogP contribution in [0.2, 0.25) is 0 Å². The maximum absolute atomic E-state index is 12.1. The average molecular weight is 261 g/mol. The van der Waals surface area contributed by atoms with Crippen molar-refractivity contribution < 1.29 is 14.4 Å². The Hall–Kier alpha value is -2.21. The smallest absolute Gasteiger partial charge is 0.246 e. The van der Waals surface area contributed by atoms with Crippen LogP contribution in [0.15, 0.2) is 24.3 Å². The van der Waals surface area contributed by atoms with E-state index in [0.29, 0.717) is 5.56 Å². The van der Waals surface area contributed by atoms with E-state index in [1.54, 1.807) is 12.1 Å². The summed E-state index contributed by atoms with van der Waals surface area (Å²) in [6, 6.07) is 6.39. The number of amides is 3. The number of carbonyl (C=O) groups is 3. The predicted octanol–water partition coefficient (Wildman–Crippen LogP) is -0.520. The number of nitrogens with two attached hydrogens (primary N) is 1. The minimum Gasteiger partial charge on any atom is -0.322 e. The van der Waals surface area contributed by atoms with Crippen molar-refractivity contribution in [2.45, 2.75) is 13.0 Å². The summed E-state index contributed by atoms with van der Waals surface area (Å²) >= 11 is 0. The lowest BCUT2D eigenvalue weighted by Gasteiger charge is -2.27. The van der Waals surface area contributed by atoms with Gasteiger partial charge < -0.3 is 10.6 Å². The van der Waals surface area contributed by atoms with Gasteiger partial charge in [0.15, 0.2) is 0 Å². The molecule has 1 atom stereocenters. The Balaban J connectivity index is 2.12. The molecule has 6 nitrogen and oxygen atoms in total. The third-order valence-electron chi connectivity index (χ3n) is 2.96. The molecule has 1 aromatic rings. The highest BCUT2D eigenvalue weighted by Crippen LogP contribution is 2.14. The van der Waals surface area contributed by atoms with E-state index in [1.807, 2.05) is 19.1 Å². The Morgan fingerprint density at radius 1 is 1.21 bits per heavy atom. The van der Waals surface area contributed by atoms with Gasteiger partial charge in [0.05, 0.1) is 0 Å². The van der Waals surface area contributed by atoms with E-state index in [-0.39, 0.29) is 13.1 Å².